The molecular formula is C14H24ClN3O3. The van der Waals surface area contributed by atoms with E-state index in [9.17, 15) is 9.90 Å². The van der Waals surface area contributed by atoms with Crippen molar-refractivity contribution in [2.24, 2.45) is 11.5 Å². The van der Waals surface area contributed by atoms with Crippen molar-refractivity contribution in [3.8, 4) is 5.75 Å². The number of aliphatic hydroxyl groups excluding tert-OH is 1. The van der Waals surface area contributed by atoms with Crippen LogP contribution in [0.15, 0.2) is 24.3 Å². The van der Waals surface area contributed by atoms with Gasteiger partial charge < -0.3 is 26.6 Å². The van der Waals surface area contributed by atoms with E-state index >= 15 is 0 Å². The summed E-state index contributed by atoms with van der Waals surface area (Å²) in [5.41, 5.74) is 11.9. The average Bonchev–Trinajstić information content (AvgIpc) is 2.50. The van der Waals surface area contributed by atoms with Gasteiger partial charge in [0.2, 0.25) is 5.91 Å². The molecule has 0 radical (unpaired) electrons. The fourth-order valence-corrected chi connectivity index (χ4v) is 1.82. The zero-order chi connectivity index (χ0) is 15.0. The molecule has 0 aromatic heterocycles. The van der Waals surface area contributed by atoms with Gasteiger partial charge in [0.15, 0.2) is 0 Å². The Morgan fingerprint density at radius 2 is 2.00 bits per heavy atom. The molecule has 120 valence electrons. The van der Waals surface area contributed by atoms with Crippen molar-refractivity contribution in [1.82, 2.24) is 5.32 Å². The first-order valence-electron chi connectivity index (χ1n) is 6.63. The van der Waals surface area contributed by atoms with Crippen LogP contribution in [0.1, 0.15) is 24.4 Å². The number of carbonyl (C=O) groups excluding carboxylic acids is 1. The lowest BCUT2D eigenvalue weighted by molar-refractivity contribution is -0.123. The van der Waals surface area contributed by atoms with Gasteiger partial charge in [0.1, 0.15) is 5.75 Å². The SMILES string of the molecule is COc1ccc(C(CO)NC(=O)[C@H](N)CCCN)cc1.Cl. The zero-order valence-electron chi connectivity index (χ0n) is 12.1. The van der Waals surface area contributed by atoms with Crippen LogP contribution >= 0.6 is 12.4 Å². The number of nitrogens with one attached hydrogen (secondary N) is 1. The van der Waals surface area contributed by atoms with Gasteiger partial charge in [0, 0.05) is 0 Å². The maximum Gasteiger partial charge on any atom is 0.237 e. The van der Waals surface area contributed by atoms with E-state index in [1.807, 2.05) is 0 Å². The number of nitrogens with two attached hydrogens (primary N) is 2. The van der Waals surface area contributed by atoms with E-state index in [0.29, 0.717) is 19.4 Å². The molecule has 6 N–H and O–H groups in total. The summed E-state index contributed by atoms with van der Waals surface area (Å²) in [6.07, 6.45) is 1.23. The molecule has 0 saturated carbocycles. The largest absolute Gasteiger partial charge is 0.497 e. The fraction of sp³-hybridized carbons (Fsp3) is 0.500. The minimum Gasteiger partial charge on any atom is -0.497 e. The van der Waals surface area contributed by atoms with Gasteiger partial charge in [0.25, 0.3) is 0 Å². The summed E-state index contributed by atoms with van der Waals surface area (Å²) in [4.78, 5) is 11.9. The van der Waals surface area contributed by atoms with Crippen LogP contribution in [0.2, 0.25) is 0 Å². The molecule has 0 heterocycles. The topological polar surface area (TPSA) is 111 Å². The number of rotatable bonds is 8. The predicted molar refractivity (Wildman–Crippen MR) is 84.5 cm³/mol. The predicted octanol–water partition coefficient (Wildman–Crippen LogP) is 0.333. The molecule has 1 amide bonds. The second-order valence-electron chi connectivity index (χ2n) is 4.55. The lowest BCUT2D eigenvalue weighted by atomic mass is 10.1. The van der Waals surface area contributed by atoms with Crippen LogP contribution in [0, 0.1) is 0 Å². The Kier molecular flexibility index (Phi) is 9.73. The van der Waals surface area contributed by atoms with Crippen molar-refractivity contribution in [2.45, 2.75) is 24.9 Å². The molecule has 0 saturated heterocycles. The summed E-state index contributed by atoms with van der Waals surface area (Å²) < 4.78 is 5.06. The molecular weight excluding hydrogens is 294 g/mol. The number of methoxy groups -OCH3 is 1. The Bertz CT molecular complexity index is 414. The van der Waals surface area contributed by atoms with Crippen molar-refractivity contribution in [2.75, 3.05) is 20.3 Å². The molecule has 21 heavy (non-hydrogen) atoms. The van der Waals surface area contributed by atoms with Crippen LogP contribution in [0.25, 0.3) is 0 Å². The van der Waals surface area contributed by atoms with Gasteiger partial charge in [-0.1, -0.05) is 12.1 Å². The summed E-state index contributed by atoms with van der Waals surface area (Å²) >= 11 is 0. The Morgan fingerprint density at radius 1 is 1.38 bits per heavy atom. The summed E-state index contributed by atoms with van der Waals surface area (Å²) in [5, 5.41) is 12.1. The first kappa shape index (κ1) is 19.7. The van der Waals surface area contributed by atoms with Crippen LogP contribution in [-0.4, -0.2) is 37.3 Å². The number of halogens is 1. The molecule has 0 aliphatic heterocycles. The molecule has 6 nitrogen and oxygen atoms in total. The van der Waals surface area contributed by atoms with Crippen LogP contribution in [-0.2, 0) is 4.79 Å². The molecule has 1 unspecified atom stereocenters. The highest BCUT2D eigenvalue weighted by Crippen LogP contribution is 2.17. The summed E-state index contributed by atoms with van der Waals surface area (Å²) in [7, 11) is 1.58. The Morgan fingerprint density at radius 3 is 2.48 bits per heavy atom. The number of ether oxygens (including phenoxy) is 1. The third-order valence-corrected chi connectivity index (χ3v) is 3.07. The van der Waals surface area contributed by atoms with Gasteiger partial charge in [0.05, 0.1) is 25.8 Å². The fourth-order valence-electron chi connectivity index (χ4n) is 1.82. The van der Waals surface area contributed by atoms with Crippen molar-refractivity contribution in [1.29, 1.82) is 0 Å². The van der Waals surface area contributed by atoms with Crippen LogP contribution in [0.5, 0.6) is 5.75 Å². The molecule has 1 aromatic carbocycles. The number of hydrogen-bond acceptors (Lipinski definition) is 5. The van der Waals surface area contributed by atoms with E-state index in [2.05, 4.69) is 5.32 Å². The maximum absolute atomic E-state index is 11.9. The third kappa shape index (κ3) is 6.31. The van der Waals surface area contributed by atoms with E-state index in [1.54, 1.807) is 31.4 Å². The standard InChI is InChI=1S/C14H23N3O3.ClH/c1-20-11-6-4-10(5-7-11)13(9-18)17-14(19)12(16)3-2-8-15;/h4-7,12-13,18H,2-3,8-9,15-16H2,1H3,(H,17,19);1H/t12-,13?;/m1./s1. The zero-order valence-corrected chi connectivity index (χ0v) is 12.9. The summed E-state index contributed by atoms with van der Waals surface area (Å²) in [6, 6.07) is 6.07. The molecule has 2 atom stereocenters. The average molecular weight is 318 g/mol. The van der Waals surface area contributed by atoms with E-state index in [-0.39, 0.29) is 24.9 Å². The number of amides is 1. The Hall–Kier alpha value is -1.34. The summed E-state index contributed by atoms with van der Waals surface area (Å²) in [6.45, 7) is 0.310. The molecule has 0 aliphatic carbocycles. The molecule has 1 rings (SSSR count). The lowest BCUT2D eigenvalue weighted by Gasteiger charge is -2.19. The Labute approximate surface area is 131 Å². The second-order valence-corrected chi connectivity index (χ2v) is 4.55. The van der Waals surface area contributed by atoms with Crippen LogP contribution in [0.3, 0.4) is 0 Å². The lowest BCUT2D eigenvalue weighted by Crippen LogP contribution is -2.43. The molecule has 0 spiro atoms. The minimum absolute atomic E-state index is 0. The van der Waals surface area contributed by atoms with Gasteiger partial charge >= 0.3 is 0 Å². The smallest absolute Gasteiger partial charge is 0.237 e. The monoisotopic (exact) mass is 317 g/mol. The molecule has 1 aromatic rings. The maximum atomic E-state index is 11.9. The van der Waals surface area contributed by atoms with E-state index in [0.717, 1.165) is 11.3 Å². The van der Waals surface area contributed by atoms with Crippen molar-refractivity contribution in [3.63, 3.8) is 0 Å². The molecule has 7 heteroatoms. The van der Waals surface area contributed by atoms with Crippen molar-refractivity contribution < 1.29 is 14.6 Å². The first-order chi connectivity index (χ1) is 9.62. The van der Waals surface area contributed by atoms with Crippen LogP contribution < -0.4 is 21.5 Å². The number of hydrogen-bond donors (Lipinski definition) is 4. The van der Waals surface area contributed by atoms with Gasteiger partial charge in [-0.25, -0.2) is 0 Å². The van der Waals surface area contributed by atoms with Gasteiger partial charge in [-0.15, -0.1) is 12.4 Å². The Balaban J connectivity index is 0.00000400. The highest BCUT2D eigenvalue weighted by Gasteiger charge is 2.18. The minimum atomic E-state index is -0.606. The van der Waals surface area contributed by atoms with E-state index in [1.165, 1.54) is 0 Å². The van der Waals surface area contributed by atoms with E-state index < -0.39 is 12.1 Å². The van der Waals surface area contributed by atoms with E-state index in [4.69, 9.17) is 16.2 Å². The second kappa shape index (κ2) is 10.4. The molecule has 0 bridgehead atoms. The third-order valence-electron chi connectivity index (χ3n) is 3.07. The van der Waals surface area contributed by atoms with Crippen LogP contribution in [0.4, 0.5) is 0 Å². The van der Waals surface area contributed by atoms with Gasteiger partial charge in [-0.2, -0.15) is 0 Å². The van der Waals surface area contributed by atoms with Gasteiger partial charge in [-0.05, 0) is 37.1 Å². The van der Waals surface area contributed by atoms with Crippen molar-refractivity contribution in [3.05, 3.63) is 29.8 Å². The number of benzene rings is 1. The van der Waals surface area contributed by atoms with Crippen molar-refractivity contribution >= 4 is 18.3 Å². The highest BCUT2D eigenvalue weighted by atomic mass is 35.5. The quantitative estimate of drug-likeness (QED) is 0.552. The molecule has 0 aliphatic rings. The summed E-state index contributed by atoms with van der Waals surface area (Å²) in [5.74, 6) is 0.435. The molecule has 0 fully saturated rings. The number of aliphatic hydroxyl groups is 1. The normalized spacial score (nSPS) is 13.0. The highest BCUT2D eigenvalue weighted by molar-refractivity contribution is 5.85. The number of carbonyl (C=O) groups is 1. The first-order valence-corrected chi connectivity index (χ1v) is 6.63. The van der Waals surface area contributed by atoms with Gasteiger partial charge in [-0.3, -0.25) is 4.79 Å².